The van der Waals surface area contributed by atoms with Gasteiger partial charge in [-0.2, -0.15) is 5.10 Å². The topological polar surface area (TPSA) is 70.4 Å². The van der Waals surface area contributed by atoms with Crippen molar-refractivity contribution in [3.63, 3.8) is 0 Å². The quantitative estimate of drug-likeness (QED) is 0.803. The number of hydrogen-bond donors (Lipinski definition) is 2. The van der Waals surface area contributed by atoms with Gasteiger partial charge in [-0.15, -0.1) is 0 Å². The zero-order chi connectivity index (χ0) is 19.1. The molecular weight excluding hydrogens is 361 g/mol. The van der Waals surface area contributed by atoms with Crippen LogP contribution >= 0.6 is 0 Å². The van der Waals surface area contributed by atoms with Gasteiger partial charge in [-0.05, 0) is 19.3 Å². The number of aliphatic hydroxyl groups excluding tert-OH is 1. The van der Waals surface area contributed by atoms with E-state index in [-0.39, 0.29) is 11.6 Å². The predicted molar refractivity (Wildman–Crippen MR) is 91.6 cm³/mol. The fraction of sp³-hybridized carbons (Fsp3) is 0.444. The Hall–Kier alpha value is -2.55. The van der Waals surface area contributed by atoms with Crippen LogP contribution in [0.2, 0.25) is 0 Å². The van der Waals surface area contributed by atoms with Gasteiger partial charge in [-0.25, -0.2) is 13.2 Å². The summed E-state index contributed by atoms with van der Waals surface area (Å²) in [5, 5.41) is 16.9. The molecule has 0 spiro atoms. The standard InChI is InChI=1S/C18H19F3N4O2/c19-12-7-11(8-13(20)17(12)21)23-18(27)10-3-5-25-14(6-10)15(9-22-25)24-4-1-2-16(24)26/h7-10,16,26H,1-6H2,(H,23,27). The monoisotopic (exact) mass is 380 g/mol. The van der Waals surface area contributed by atoms with Crippen LogP contribution in [0.1, 0.15) is 25.0 Å². The molecule has 4 rings (SSSR count). The fourth-order valence-electron chi connectivity index (χ4n) is 3.78. The Balaban J connectivity index is 1.51. The van der Waals surface area contributed by atoms with Crippen molar-refractivity contribution >= 4 is 17.3 Å². The lowest BCUT2D eigenvalue weighted by atomic mass is 9.94. The van der Waals surface area contributed by atoms with Crippen LogP contribution in [0.25, 0.3) is 0 Å². The minimum absolute atomic E-state index is 0.120. The second-order valence-corrected chi connectivity index (χ2v) is 6.95. The Morgan fingerprint density at radius 2 is 1.93 bits per heavy atom. The van der Waals surface area contributed by atoms with Gasteiger partial charge in [0, 0.05) is 43.2 Å². The molecule has 3 heterocycles. The average Bonchev–Trinajstić information content (AvgIpc) is 3.24. The van der Waals surface area contributed by atoms with Gasteiger partial charge < -0.3 is 15.3 Å². The van der Waals surface area contributed by atoms with E-state index in [4.69, 9.17) is 0 Å². The molecule has 1 amide bonds. The number of fused-ring (bicyclic) bond motifs is 1. The van der Waals surface area contributed by atoms with E-state index in [1.807, 2.05) is 9.58 Å². The molecule has 144 valence electrons. The highest BCUT2D eigenvalue weighted by molar-refractivity contribution is 5.92. The maximum absolute atomic E-state index is 13.3. The van der Waals surface area contributed by atoms with Crippen LogP contribution in [0.15, 0.2) is 18.3 Å². The number of aryl methyl sites for hydroxylation is 1. The van der Waals surface area contributed by atoms with Crippen molar-refractivity contribution in [2.24, 2.45) is 5.92 Å². The molecule has 2 aliphatic heterocycles. The number of aromatic nitrogens is 2. The summed E-state index contributed by atoms with van der Waals surface area (Å²) in [7, 11) is 0. The molecule has 9 heteroatoms. The Morgan fingerprint density at radius 3 is 2.59 bits per heavy atom. The molecule has 0 aliphatic carbocycles. The molecule has 1 saturated heterocycles. The average molecular weight is 380 g/mol. The van der Waals surface area contributed by atoms with Crippen molar-refractivity contribution in [3.8, 4) is 0 Å². The van der Waals surface area contributed by atoms with Crippen LogP contribution in [0.3, 0.4) is 0 Å². The van der Waals surface area contributed by atoms with Crippen LogP contribution < -0.4 is 10.2 Å². The van der Waals surface area contributed by atoms with Crippen LogP contribution in [0, 0.1) is 23.4 Å². The largest absolute Gasteiger partial charge is 0.374 e. The first-order valence-electron chi connectivity index (χ1n) is 8.89. The lowest BCUT2D eigenvalue weighted by Crippen LogP contribution is -2.33. The maximum atomic E-state index is 13.3. The third-order valence-electron chi connectivity index (χ3n) is 5.21. The molecule has 1 fully saturated rings. The van der Waals surface area contributed by atoms with Crippen molar-refractivity contribution < 1.29 is 23.1 Å². The maximum Gasteiger partial charge on any atom is 0.227 e. The van der Waals surface area contributed by atoms with Crippen molar-refractivity contribution in [3.05, 3.63) is 41.5 Å². The smallest absolute Gasteiger partial charge is 0.227 e. The molecule has 6 nitrogen and oxygen atoms in total. The van der Waals surface area contributed by atoms with Gasteiger partial charge in [0.1, 0.15) is 6.23 Å². The minimum atomic E-state index is -1.57. The molecule has 2 N–H and O–H groups in total. The molecule has 2 aromatic rings. The number of benzene rings is 1. The van der Waals surface area contributed by atoms with E-state index < -0.39 is 29.6 Å². The van der Waals surface area contributed by atoms with Crippen molar-refractivity contribution in [2.75, 3.05) is 16.8 Å². The second-order valence-electron chi connectivity index (χ2n) is 6.95. The van der Waals surface area contributed by atoms with E-state index >= 15 is 0 Å². The molecule has 0 radical (unpaired) electrons. The van der Waals surface area contributed by atoms with Gasteiger partial charge in [-0.3, -0.25) is 9.48 Å². The third-order valence-corrected chi connectivity index (χ3v) is 5.21. The van der Waals surface area contributed by atoms with Crippen molar-refractivity contribution in [1.29, 1.82) is 0 Å². The Morgan fingerprint density at radius 1 is 1.19 bits per heavy atom. The third kappa shape index (κ3) is 3.27. The van der Waals surface area contributed by atoms with Gasteiger partial charge in [-0.1, -0.05) is 0 Å². The Kier molecular flexibility index (Phi) is 4.55. The molecule has 27 heavy (non-hydrogen) atoms. The van der Waals surface area contributed by atoms with Gasteiger partial charge in [0.25, 0.3) is 0 Å². The summed E-state index contributed by atoms with van der Waals surface area (Å²) >= 11 is 0. The first-order chi connectivity index (χ1) is 12.9. The van der Waals surface area contributed by atoms with Crippen LogP contribution in [-0.4, -0.2) is 33.6 Å². The van der Waals surface area contributed by atoms with Crippen molar-refractivity contribution in [2.45, 2.75) is 38.5 Å². The summed E-state index contributed by atoms with van der Waals surface area (Å²) in [6.45, 7) is 1.26. The number of halogens is 3. The number of aliphatic hydroxyl groups is 1. The SMILES string of the molecule is O=C(Nc1cc(F)c(F)c(F)c1)C1CCn2ncc(N3CCCC3O)c2C1. The molecule has 2 aliphatic rings. The van der Waals surface area contributed by atoms with E-state index in [9.17, 15) is 23.1 Å². The summed E-state index contributed by atoms with van der Waals surface area (Å²) in [5.74, 6) is -5.07. The second kappa shape index (κ2) is 6.88. The van der Waals surface area contributed by atoms with E-state index in [2.05, 4.69) is 10.4 Å². The summed E-state index contributed by atoms with van der Waals surface area (Å²) in [6.07, 6.45) is 3.64. The number of nitrogens with one attached hydrogen (secondary N) is 1. The number of carbonyl (C=O) groups excluding carboxylic acids is 1. The van der Waals surface area contributed by atoms with E-state index in [0.29, 0.717) is 25.8 Å². The molecule has 0 saturated carbocycles. The van der Waals surface area contributed by atoms with Crippen LogP contribution in [0.5, 0.6) is 0 Å². The zero-order valence-corrected chi connectivity index (χ0v) is 14.5. The zero-order valence-electron chi connectivity index (χ0n) is 14.5. The van der Waals surface area contributed by atoms with Gasteiger partial charge in [0.05, 0.1) is 17.6 Å². The lowest BCUT2D eigenvalue weighted by Gasteiger charge is -2.27. The van der Waals surface area contributed by atoms with E-state index in [1.54, 1.807) is 6.20 Å². The Labute approximate surface area is 153 Å². The van der Waals surface area contributed by atoms with Crippen molar-refractivity contribution in [1.82, 2.24) is 9.78 Å². The molecule has 1 aromatic heterocycles. The van der Waals surface area contributed by atoms with Crippen LogP contribution in [-0.2, 0) is 17.8 Å². The molecule has 1 aromatic carbocycles. The summed E-state index contributed by atoms with van der Waals surface area (Å²) in [5.41, 5.74) is 1.56. The Bertz CT molecular complexity index is 862. The minimum Gasteiger partial charge on any atom is -0.374 e. The number of amides is 1. The number of carbonyl (C=O) groups is 1. The number of anilines is 2. The lowest BCUT2D eigenvalue weighted by molar-refractivity contribution is -0.120. The number of nitrogens with zero attached hydrogens (tertiary/aromatic N) is 3. The summed E-state index contributed by atoms with van der Waals surface area (Å²) < 4.78 is 41.6. The van der Waals surface area contributed by atoms with Gasteiger partial charge >= 0.3 is 0 Å². The highest BCUT2D eigenvalue weighted by Crippen LogP contribution is 2.33. The highest BCUT2D eigenvalue weighted by Gasteiger charge is 2.32. The first-order valence-corrected chi connectivity index (χ1v) is 8.89. The predicted octanol–water partition coefficient (Wildman–Crippen LogP) is 2.42. The van der Waals surface area contributed by atoms with Crippen LogP contribution in [0.4, 0.5) is 24.5 Å². The van der Waals surface area contributed by atoms with Gasteiger partial charge in [0.2, 0.25) is 5.91 Å². The molecule has 2 atom stereocenters. The van der Waals surface area contributed by atoms with Gasteiger partial charge in [0.15, 0.2) is 17.5 Å². The normalized spacial score (nSPS) is 22.0. The fourth-order valence-corrected chi connectivity index (χ4v) is 3.78. The molecular formula is C18H19F3N4O2. The summed E-state index contributed by atoms with van der Waals surface area (Å²) in [4.78, 5) is 14.4. The highest BCUT2D eigenvalue weighted by atomic mass is 19.2. The number of rotatable bonds is 3. The number of hydrogen-bond acceptors (Lipinski definition) is 4. The summed E-state index contributed by atoms with van der Waals surface area (Å²) in [6, 6.07) is 1.52. The first kappa shape index (κ1) is 17.8. The molecule has 2 unspecified atom stereocenters. The molecule has 0 bridgehead atoms. The van der Waals surface area contributed by atoms with E-state index in [1.165, 1.54) is 0 Å². The van der Waals surface area contributed by atoms with E-state index in [0.717, 1.165) is 36.5 Å².